The van der Waals surface area contributed by atoms with Crippen molar-refractivity contribution in [3.63, 3.8) is 0 Å². The van der Waals surface area contributed by atoms with E-state index in [1.54, 1.807) is 26.0 Å². The molecule has 0 saturated carbocycles. The Morgan fingerprint density at radius 2 is 1.56 bits per heavy atom. The number of rotatable bonds is 2. The van der Waals surface area contributed by atoms with Crippen LogP contribution in [0.15, 0.2) is 17.0 Å². The molecule has 90 valence electrons. The molecule has 0 fully saturated rings. The van der Waals surface area contributed by atoms with Gasteiger partial charge in [0.15, 0.2) is 0 Å². The zero-order chi connectivity index (χ0) is 12.5. The molecule has 1 nitrogen and oxygen atoms in total. The number of aryl methyl sites for hydroxylation is 3. The minimum absolute atomic E-state index is 0.278. The third kappa shape index (κ3) is 3.33. The Bertz CT molecular complexity index is 424. The largest absolute Gasteiger partial charge is 0.400 e. The fraction of sp³-hybridized carbons (Fsp3) is 0.455. The van der Waals surface area contributed by atoms with Crippen LogP contribution in [0.4, 0.5) is 13.2 Å². The van der Waals surface area contributed by atoms with Gasteiger partial charge in [-0.15, -0.1) is 0 Å². The summed E-state index contributed by atoms with van der Waals surface area (Å²) in [5, 5.41) is 0. The highest BCUT2D eigenvalue weighted by atomic mass is 32.2. The van der Waals surface area contributed by atoms with Crippen LogP contribution in [-0.2, 0) is 10.8 Å². The molecule has 0 aliphatic rings. The van der Waals surface area contributed by atoms with E-state index in [4.69, 9.17) is 0 Å². The van der Waals surface area contributed by atoms with Crippen molar-refractivity contribution < 1.29 is 17.4 Å². The lowest BCUT2D eigenvalue weighted by Crippen LogP contribution is -2.19. The van der Waals surface area contributed by atoms with Gasteiger partial charge in [0.25, 0.3) is 0 Å². The van der Waals surface area contributed by atoms with E-state index >= 15 is 0 Å². The zero-order valence-electron chi connectivity index (χ0n) is 9.31. The van der Waals surface area contributed by atoms with E-state index in [1.165, 1.54) is 0 Å². The molecular weight excluding hydrogens is 237 g/mol. The topological polar surface area (TPSA) is 17.1 Å². The fourth-order valence-corrected chi connectivity index (χ4v) is 2.58. The Labute approximate surface area is 95.1 Å². The van der Waals surface area contributed by atoms with Crippen LogP contribution in [0.25, 0.3) is 0 Å². The molecule has 0 N–H and O–H groups in total. The molecule has 0 aliphatic heterocycles. The Hall–Kier alpha value is -0.840. The van der Waals surface area contributed by atoms with Crippen molar-refractivity contribution in [2.45, 2.75) is 31.8 Å². The van der Waals surface area contributed by atoms with Crippen molar-refractivity contribution in [3.8, 4) is 0 Å². The van der Waals surface area contributed by atoms with Gasteiger partial charge in [-0.1, -0.05) is 6.07 Å². The molecule has 1 unspecified atom stereocenters. The Morgan fingerprint density at radius 3 is 2.06 bits per heavy atom. The van der Waals surface area contributed by atoms with Crippen LogP contribution in [0.5, 0.6) is 0 Å². The van der Waals surface area contributed by atoms with E-state index in [2.05, 4.69) is 0 Å². The molecular formula is C11H13F3OS. The highest BCUT2D eigenvalue weighted by molar-refractivity contribution is 7.85. The number of hydrogen-bond acceptors (Lipinski definition) is 1. The van der Waals surface area contributed by atoms with Gasteiger partial charge in [0.1, 0.15) is 5.75 Å². The van der Waals surface area contributed by atoms with Crippen LogP contribution < -0.4 is 0 Å². The van der Waals surface area contributed by atoms with Gasteiger partial charge in [0, 0.05) is 4.90 Å². The third-order valence-electron chi connectivity index (χ3n) is 2.33. The van der Waals surface area contributed by atoms with Crippen molar-refractivity contribution in [2.24, 2.45) is 0 Å². The summed E-state index contributed by atoms with van der Waals surface area (Å²) in [7, 11) is -2.01. The van der Waals surface area contributed by atoms with Crippen molar-refractivity contribution in [1.82, 2.24) is 0 Å². The van der Waals surface area contributed by atoms with Crippen LogP contribution in [0, 0.1) is 20.8 Å². The second-order valence-corrected chi connectivity index (χ2v) is 5.23. The van der Waals surface area contributed by atoms with Crippen molar-refractivity contribution in [1.29, 1.82) is 0 Å². The Morgan fingerprint density at radius 1 is 1.06 bits per heavy atom. The van der Waals surface area contributed by atoms with Gasteiger partial charge in [-0.2, -0.15) is 13.2 Å². The van der Waals surface area contributed by atoms with Crippen LogP contribution in [0.2, 0.25) is 0 Å². The molecule has 5 heteroatoms. The maximum absolute atomic E-state index is 12.1. The first kappa shape index (κ1) is 13.2. The van der Waals surface area contributed by atoms with Gasteiger partial charge < -0.3 is 0 Å². The molecule has 1 aromatic rings. The molecule has 0 saturated heterocycles. The SMILES string of the molecule is Cc1cc(C)c(S(=O)CC(F)(F)F)cc1C. The van der Waals surface area contributed by atoms with Gasteiger partial charge in [0.2, 0.25) is 0 Å². The highest BCUT2D eigenvalue weighted by Crippen LogP contribution is 2.23. The fourth-order valence-electron chi connectivity index (χ4n) is 1.41. The lowest BCUT2D eigenvalue weighted by atomic mass is 10.1. The van der Waals surface area contributed by atoms with Crippen LogP contribution in [0.1, 0.15) is 16.7 Å². The van der Waals surface area contributed by atoms with Crippen molar-refractivity contribution in [3.05, 3.63) is 28.8 Å². The molecule has 0 amide bonds. The average molecular weight is 250 g/mol. The lowest BCUT2D eigenvalue weighted by Gasteiger charge is -2.11. The molecule has 1 rings (SSSR count). The van der Waals surface area contributed by atoms with Gasteiger partial charge in [-0.05, 0) is 43.5 Å². The van der Waals surface area contributed by atoms with Gasteiger partial charge in [0.05, 0.1) is 10.8 Å². The standard InChI is InChI=1S/C11H13F3OS/c1-7-4-9(3)10(5-8(7)2)16(15)6-11(12,13)14/h4-5H,6H2,1-3H3. The molecule has 0 radical (unpaired) electrons. The summed E-state index contributed by atoms with van der Waals surface area (Å²) in [6.07, 6.45) is -4.39. The van der Waals surface area contributed by atoms with E-state index in [-0.39, 0.29) is 4.90 Å². The van der Waals surface area contributed by atoms with E-state index in [1.807, 2.05) is 6.92 Å². The first-order valence-electron chi connectivity index (χ1n) is 4.73. The average Bonchev–Trinajstić information content (AvgIpc) is 2.08. The van der Waals surface area contributed by atoms with Gasteiger partial charge in [-0.25, -0.2) is 0 Å². The summed E-state index contributed by atoms with van der Waals surface area (Å²) in [4.78, 5) is 0.278. The Balaban J connectivity index is 3.05. The van der Waals surface area contributed by atoms with Crippen LogP contribution >= 0.6 is 0 Å². The predicted molar refractivity (Wildman–Crippen MR) is 58.0 cm³/mol. The van der Waals surface area contributed by atoms with Gasteiger partial charge in [-0.3, -0.25) is 4.21 Å². The van der Waals surface area contributed by atoms with Crippen LogP contribution in [0.3, 0.4) is 0 Å². The summed E-state index contributed by atoms with van der Waals surface area (Å²) in [6, 6.07) is 3.34. The summed E-state index contributed by atoms with van der Waals surface area (Å²) in [5.41, 5.74) is 2.49. The third-order valence-corrected chi connectivity index (χ3v) is 3.85. The molecule has 16 heavy (non-hydrogen) atoms. The minimum atomic E-state index is -4.39. The second-order valence-electron chi connectivity index (χ2n) is 3.81. The summed E-state index contributed by atoms with van der Waals surface area (Å²) in [6.45, 7) is 5.35. The number of halogens is 3. The molecule has 0 aromatic heterocycles. The van der Waals surface area contributed by atoms with E-state index in [0.717, 1.165) is 11.1 Å². The monoisotopic (exact) mass is 250 g/mol. The molecule has 0 heterocycles. The van der Waals surface area contributed by atoms with E-state index in [9.17, 15) is 17.4 Å². The molecule has 1 aromatic carbocycles. The second kappa shape index (κ2) is 4.57. The lowest BCUT2D eigenvalue weighted by molar-refractivity contribution is -0.105. The molecule has 0 spiro atoms. The molecule has 1 atom stereocenters. The molecule has 0 bridgehead atoms. The summed E-state index contributed by atoms with van der Waals surface area (Å²) in [5.74, 6) is -1.28. The summed E-state index contributed by atoms with van der Waals surface area (Å²) < 4.78 is 47.9. The van der Waals surface area contributed by atoms with Crippen molar-refractivity contribution >= 4 is 10.8 Å². The predicted octanol–water partition coefficient (Wildman–Crippen LogP) is 3.28. The maximum Gasteiger partial charge on any atom is 0.400 e. The summed E-state index contributed by atoms with van der Waals surface area (Å²) >= 11 is 0. The van der Waals surface area contributed by atoms with Gasteiger partial charge >= 0.3 is 6.18 Å². The Kier molecular flexibility index (Phi) is 3.78. The first-order chi connectivity index (χ1) is 7.20. The van der Waals surface area contributed by atoms with Crippen molar-refractivity contribution in [2.75, 3.05) is 5.75 Å². The number of hydrogen-bond donors (Lipinski definition) is 0. The smallest absolute Gasteiger partial charge is 0.254 e. The molecule has 0 aliphatic carbocycles. The zero-order valence-corrected chi connectivity index (χ0v) is 10.1. The van der Waals surface area contributed by atoms with Crippen LogP contribution in [-0.4, -0.2) is 16.1 Å². The maximum atomic E-state index is 12.1. The highest BCUT2D eigenvalue weighted by Gasteiger charge is 2.31. The number of benzene rings is 1. The van der Waals surface area contributed by atoms with E-state index < -0.39 is 22.7 Å². The minimum Gasteiger partial charge on any atom is -0.254 e. The number of alkyl halides is 3. The first-order valence-corrected chi connectivity index (χ1v) is 6.05. The van der Waals surface area contributed by atoms with E-state index in [0.29, 0.717) is 5.56 Å². The normalized spacial score (nSPS) is 13.9. The quantitative estimate of drug-likeness (QED) is 0.787.